The summed E-state index contributed by atoms with van der Waals surface area (Å²) in [6.45, 7) is 0. The molecule has 1 saturated carbocycles. The fraction of sp³-hybridized carbons (Fsp3) is 0.357. The molecule has 21 heavy (non-hydrogen) atoms. The lowest BCUT2D eigenvalue weighted by Crippen LogP contribution is -2.13. The van der Waals surface area contributed by atoms with Crippen molar-refractivity contribution in [1.29, 1.82) is 5.26 Å². The first-order chi connectivity index (χ1) is 10.2. The molecular weight excluding hydrogens is 306 g/mol. The molecule has 2 atom stereocenters. The van der Waals surface area contributed by atoms with Crippen LogP contribution in [-0.2, 0) is 0 Å². The van der Waals surface area contributed by atoms with Crippen LogP contribution in [0.3, 0.4) is 0 Å². The maximum Gasteiger partial charge on any atom is 0.210 e. The van der Waals surface area contributed by atoms with E-state index in [1.165, 1.54) is 4.68 Å². The smallest absolute Gasteiger partial charge is 0.210 e. The number of nitriles is 1. The van der Waals surface area contributed by atoms with E-state index < -0.39 is 0 Å². The molecule has 0 aliphatic heterocycles. The van der Waals surface area contributed by atoms with Gasteiger partial charge in [-0.05, 0) is 31.4 Å². The van der Waals surface area contributed by atoms with E-state index in [0.29, 0.717) is 21.3 Å². The van der Waals surface area contributed by atoms with Gasteiger partial charge in [0.15, 0.2) is 5.82 Å². The normalized spacial score (nSPS) is 21.3. The predicted octanol–water partition coefficient (Wildman–Crippen LogP) is 3.10. The van der Waals surface area contributed by atoms with E-state index in [2.05, 4.69) is 16.3 Å². The van der Waals surface area contributed by atoms with Crippen molar-refractivity contribution < 1.29 is 0 Å². The first-order valence-electron chi connectivity index (χ1n) is 6.70. The highest BCUT2D eigenvalue weighted by atomic mass is 35.5. The van der Waals surface area contributed by atoms with Crippen LogP contribution in [-0.4, -0.2) is 20.1 Å². The molecular formula is C14H14ClN5S. The number of nitrogens with two attached hydrogens (primary N) is 1. The summed E-state index contributed by atoms with van der Waals surface area (Å²) in [6, 6.07) is 9.74. The summed E-state index contributed by atoms with van der Waals surface area (Å²) in [5.74, 6) is 6.80. The van der Waals surface area contributed by atoms with Crippen LogP contribution in [0.5, 0.6) is 0 Å². The molecule has 0 saturated heterocycles. The number of halogens is 1. The van der Waals surface area contributed by atoms with Gasteiger partial charge in [0.25, 0.3) is 0 Å². The Hall–Kier alpha value is -1.71. The summed E-state index contributed by atoms with van der Waals surface area (Å²) < 4.78 is 1.48. The van der Waals surface area contributed by atoms with Crippen LogP contribution in [0.2, 0.25) is 5.02 Å². The largest absolute Gasteiger partial charge is 0.335 e. The van der Waals surface area contributed by atoms with Gasteiger partial charge in [0.05, 0.1) is 11.1 Å². The number of rotatable bonds is 3. The molecule has 2 aromatic rings. The molecule has 0 bridgehead atoms. The second-order valence-corrected chi connectivity index (χ2v) is 6.71. The lowest BCUT2D eigenvalue weighted by atomic mass is 10.1. The molecule has 1 aliphatic rings. The highest BCUT2D eigenvalue weighted by Gasteiger charge is 2.27. The second-order valence-electron chi connectivity index (χ2n) is 5.03. The molecule has 0 spiro atoms. The van der Waals surface area contributed by atoms with Gasteiger partial charge in [-0.3, -0.25) is 0 Å². The van der Waals surface area contributed by atoms with Crippen LogP contribution < -0.4 is 5.84 Å². The SMILES string of the molecule is N#C[C@@H]1CC[C@H](Sc2nnc(-c3ccccc3Cl)n2N)C1. The molecule has 1 fully saturated rings. The quantitative estimate of drug-likeness (QED) is 0.879. The van der Waals surface area contributed by atoms with Gasteiger partial charge in [-0.1, -0.05) is 35.5 Å². The molecule has 1 heterocycles. The summed E-state index contributed by atoms with van der Waals surface area (Å²) in [5, 5.41) is 18.9. The lowest BCUT2D eigenvalue weighted by molar-refractivity contribution is 0.702. The zero-order valence-corrected chi connectivity index (χ0v) is 12.8. The Morgan fingerprint density at radius 2 is 2.14 bits per heavy atom. The van der Waals surface area contributed by atoms with Crippen LogP contribution in [0.1, 0.15) is 19.3 Å². The molecule has 3 rings (SSSR count). The van der Waals surface area contributed by atoms with Gasteiger partial charge in [-0.2, -0.15) is 5.26 Å². The van der Waals surface area contributed by atoms with Gasteiger partial charge in [-0.15, -0.1) is 10.2 Å². The summed E-state index contributed by atoms with van der Waals surface area (Å²) in [6.07, 6.45) is 2.84. The molecule has 0 radical (unpaired) electrons. The number of hydrogen-bond acceptors (Lipinski definition) is 5. The maximum absolute atomic E-state index is 8.96. The van der Waals surface area contributed by atoms with Gasteiger partial charge in [-0.25, -0.2) is 4.68 Å². The van der Waals surface area contributed by atoms with Gasteiger partial charge in [0.2, 0.25) is 5.16 Å². The van der Waals surface area contributed by atoms with E-state index in [0.717, 1.165) is 24.8 Å². The maximum atomic E-state index is 8.96. The van der Waals surface area contributed by atoms with Crippen LogP contribution in [0, 0.1) is 17.2 Å². The molecule has 2 N–H and O–H groups in total. The van der Waals surface area contributed by atoms with Crippen LogP contribution in [0.15, 0.2) is 29.4 Å². The van der Waals surface area contributed by atoms with Crippen molar-refractivity contribution in [3.05, 3.63) is 29.3 Å². The Balaban J connectivity index is 1.81. The Labute approximate surface area is 132 Å². The van der Waals surface area contributed by atoms with Crippen molar-refractivity contribution in [1.82, 2.24) is 14.9 Å². The van der Waals surface area contributed by atoms with Crippen molar-refractivity contribution in [2.24, 2.45) is 5.92 Å². The van der Waals surface area contributed by atoms with Gasteiger partial charge in [0.1, 0.15) is 0 Å². The minimum atomic E-state index is 0.152. The molecule has 108 valence electrons. The number of hydrogen-bond donors (Lipinski definition) is 1. The van der Waals surface area contributed by atoms with Gasteiger partial charge < -0.3 is 5.84 Å². The monoisotopic (exact) mass is 319 g/mol. The number of thioether (sulfide) groups is 1. The predicted molar refractivity (Wildman–Crippen MR) is 83.2 cm³/mol. The first kappa shape index (κ1) is 14.2. The Kier molecular flexibility index (Phi) is 4.04. The third-order valence-corrected chi connectivity index (χ3v) is 5.20. The fourth-order valence-corrected chi connectivity index (χ4v) is 3.89. The average Bonchev–Trinajstić information content (AvgIpc) is 3.08. The fourth-order valence-electron chi connectivity index (χ4n) is 2.50. The zero-order chi connectivity index (χ0) is 14.8. The molecule has 1 aromatic heterocycles. The van der Waals surface area contributed by atoms with E-state index in [4.69, 9.17) is 22.7 Å². The molecule has 1 aliphatic carbocycles. The van der Waals surface area contributed by atoms with E-state index in [1.54, 1.807) is 17.8 Å². The summed E-state index contributed by atoms with van der Waals surface area (Å²) in [5.41, 5.74) is 0.766. The van der Waals surface area contributed by atoms with Crippen LogP contribution >= 0.6 is 23.4 Å². The third-order valence-electron chi connectivity index (χ3n) is 3.62. The number of benzene rings is 1. The molecule has 1 aromatic carbocycles. The zero-order valence-electron chi connectivity index (χ0n) is 11.2. The summed E-state index contributed by atoms with van der Waals surface area (Å²) >= 11 is 7.76. The molecule has 0 unspecified atom stereocenters. The molecule has 0 amide bonds. The van der Waals surface area contributed by atoms with E-state index in [1.807, 2.05) is 18.2 Å². The van der Waals surface area contributed by atoms with Gasteiger partial charge >= 0.3 is 0 Å². The minimum Gasteiger partial charge on any atom is -0.335 e. The average molecular weight is 320 g/mol. The lowest BCUT2D eigenvalue weighted by Gasteiger charge is -2.08. The summed E-state index contributed by atoms with van der Waals surface area (Å²) in [7, 11) is 0. The Bertz CT molecular complexity index is 693. The van der Waals surface area contributed by atoms with Crippen LogP contribution in [0.4, 0.5) is 0 Å². The van der Waals surface area contributed by atoms with Crippen molar-refractivity contribution in [3.8, 4) is 17.5 Å². The Morgan fingerprint density at radius 3 is 2.86 bits per heavy atom. The number of aromatic nitrogens is 3. The van der Waals surface area contributed by atoms with E-state index >= 15 is 0 Å². The molecule has 7 heteroatoms. The number of nitrogen functional groups attached to an aromatic ring is 1. The van der Waals surface area contributed by atoms with E-state index in [9.17, 15) is 0 Å². The number of nitrogens with zero attached hydrogens (tertiary/aromatic N) is 4. The van der Waals surface area contributed by atoms with Crippen molar-refractivity contribution >= 4 is 23.4 Å². The standard InChI is InChI=1S/C14H14ClN5S/c15-12-4-2-1-3-11(12)13-18-19-14(20(13)17)21-10-6-5-9(7-10)8-16/h1-4,9-10H,5-7,17H2/t9-,10+/m1/s1. The first-order valence-corrected chi connectivity index (χ1v) is 7.96. The van der Waals surface area contributed by atoms with E-state index in [-0.39, 0.29) is 5.92 Å². The van der Waals surface area contributed by atoms with Crippen molar-refractivity contribution in [2.45, 2.75) is 29.7 Å². The van der Waals surface area contributed by atoms with Gasteiger partial charge in [0, 0.05) is 16.7 Å². The summed E-state index contributed by atoms with van der Waals surface area (Å²) in [4.78, 5) is 0. The molecule has 5 nitrogen and oxygen atoms in total. The van der Waals surface area contributed by atoms with Crippen LogP contribution in [0.25, 0.3) is 11.4 Å². The third kappa shape index (κ3) is 2.85. The highest BCUT2D eigenvalue weighted by molar-refractivity contribution is 7.99. The van der Waals surface area contributed by atoms with Crippen molar-refractivity contribution in [3.63, 3.8) is 0 Å². The van der Waals surface area contributed by atoms with Crippen molar-refractivity contribution in [2.75, 3.05) is 5.84 Å². The highest BCUT2D eigenvalue weighted by Crippen LogP contribution is 2.37. The Morgan fingerprint density at radius 1 is 1.33 bits per heavy atom. The topological polar surface area (TPSA) is 80.5 Å². The minimum absolute atomic E-state index is 0.152. The second kappa shape index (κ2) is 5.96.